The van der Waals surface area contributed by atoms with Crippen molar-refractivity contribution < 1.29 is 24.3 Å². The van der Waals surface area contributed by atoms with Crippen molar-refractivity contribution >= 4 is 23.7 Å². The van der Waals surface area contributed by atoms with Crippen molar-refractivity contribution in [3.63, 3.8) is 0 Å². The second kappa shape index (κ2) is 6.68. The fourth-order valence-electron chi connectivity index (χ4n) is 3.33. The topological polar surface area (TPSA) is 95.9 Å². The predicted molar refractivity (Wildman–Crippen MR) is 89.2 cm³/mol. The van der Waals surface area contributed by atoms with Crippen LogP contribution in [0.5, 0.6) is 5.75 Å². The number of amides is 2. The molecule has 7 nitrogen and oxygen atoms in total. The van der Waals surface area contributed by atoms with Crippen molar-refractivity contribution in [3.8, 4) is 5.75 Å². The minimum atomic E-state index is -0.636. The van der Waals surface area contributed by atoms with E-state index in [4.69, 9.17) is 9.94 Å². The number of piperidine rings is 1. The zero-order valence-corrected chi connectivity index (χ0v) is 13.9. The summed E-state index contributed by atoms with van der Waals surface area (Å²) in [7, 11) is 0. The number of fused-ring (bicyclic) bond motifs is 1. The van der Waals surface area contributed by atoms with Gasteiger partial charge in [0.25, 0.3) is 5.91 Å². The molecule has 0 aliphatic carbocycles. The molecule has 0 unspecified atom stereocenters. The van der Waals surface area contributed by atoms with Gasteiger partial charge in [0.15, 0.2) is 5.78 Å². The molecule has 2 aliphatic rings. The third-order valence-corrected chi connectivity index (χ3v) is 4.77. The lowest BCUT2D eigenvalue weighted by atomic mass is 9.82. The fourth-order valence-corrected chi connectivity index (χ4v) is 3.33. The Labute approximate surface area is 145 Å². The first-order chi connectivity index (χ1) is 11.9. The summed E-state index contributed by atoms with van der Waals surface area (Å²) in [5.41, 5.74) is 2.17. The molecule has 1 saturated heterocycles. The Morgan fingerprint density at radius 2 is 2.04 bits per heavy atom. The van der Waals surface area contributed by atoms with Gasteiger partial charge in [0.05, 0.1) is 12.0 Å². The minimum absolute atomic E-state index is 0.0288. The van der Waals surface area contributed by atoms with E-state index < -0.39 is 11.5 Å². The normalized spacial score (nSPS) is 18.8. The number of ether oxygens (including phenoxy) is 1. The van der Waals surface area contributed by atoms with Crippen LogP contribution in [-0.2, 0) is 9.59 Å². The van der Waals surface area contributed by atoms with E-state index in [0.29, 0.717) is 49.2 Å². The molecule has 0 bridgehead atoms. The van der Waals surface area contributed by atoms with Crippen LogP contribution in [0.1, 0.15) is 42.1 Å². The summed E-state index contributed by atoms with van der Waals surface area (Å²) in [5.74, 6) is -0.0741. The molecule has 2 heterocycles. The van der Waals surface area contributed by atoms with Crippen LogP contribution < -0.4 is 10.2 Å². The Morgan fingerprint density at radius 3 is 2.68 bits per heavy atom. The maximum Gasteiger partial charge on any atom is 0.267 e. The molecule has 2 aliphatic heterocycles. The number of nitrogens with zero attached hydrogens (tertiary/aromatic N) is 1. The molecule has 1 fully saturated rings. The number of rotatable bonds is 2. The maximum atomic E-state index is 12.5. The van der Waals surface area contributed by atoms with Gasteiger partial charge in [0.2, 0.25) is 5.91 Å². The van der Waals surface area contributed by atoms with Crippen LogP contribution in [0.25, 0.3) is 6.08 Å². The first-order valence-electron chi connectivity index (χ1n) is 8.16. The molecule has 2 amide bonds. The number of benzene rings is 1. The van der Waals surface area contributed by atoms with Crippen molar-refractivity contribution in [1.29, 1.82) is 0 Å². The van der Waals surface area contributed by atoms with E-state index >= 15 is 0 Å². The average Bonchev–Trinajstić information content (AvgIpc) is 2.59. The van der Waals surface area contributed by atoms with E-state index in [-0.39, 0.29) is 11.7 Å². The van der Waals surface area contributed by atoms with Crippen LogP contribution in [0.3, 0.4) is 0 Å². The minimum Gasteiger partial charge on any atom is -0.486 e. The molecule has 2 N–H and O–H groups in total. The third-order valence-electron chi connectivity index (χ3n) is 4.77. The smallest absolute Gasteiger partial charge is 0.267 e. The van der Waals surface area contributed by atoms with Crippen LogP contribution in [0.2, 0.25) is 0 Å². The first kappa shape index (κ1) is 17.2. The van der Waals surface area contributed by atoms with E-state index in [1.54, 1.807) is 30.0 Å². The Balaban J connectivity index is 1.81. The standard InChI is InChI=1S/C18H20N2O5/c1-12(21)20-8-6-18(7-9-20)11-15(22)14-4-2-13(10-16(14)25-18)3-5-17(23)19-24/h2-5,10,24H,6-9,11H2,1H3,(H,19,23)/b5-3+. The molecule has 25 heavy (non-hydrogen) atoms. The second-order valence-corrected chi connectivity index (χ2v) is 6.46. The number of hydroxylamine groups is 1. The summed E-state index contributed by atoms with van der Waals surface area (Å²) in [6, 6.07) is 5.12. The van der Waals surface area contributed by atoms with Crippen LogP contribution in [-0.4, -0.2) is 46.4 Å². The lowest BCUT2D eigenvalue weighted by Gasteiger charge is -2.43. The lowest BCUT2D eigenvalue weighted by Crippen LogP contribution is -2.51. The molecular weight excluding hydrogens is 324 g/mol. The number of hydrogen-bond donors (Lipinski definition) is 2. The molecule has 0 atom stereocenters. The first-order valence-corrected chi connectivity index (χ1v) is 8.16. The summed E-state index contributed by atoms with van der Waals surface area (Å²) < 4.78 is 6.19. The Bertz CT molecular complexity index is 748. The number of nitrogens with one attached hydrogen (secondary N) is 1. The van der Waals surface area contributed by atoms with Gasteiger partial charge in [0.1, 0.15) is 11.4 Å². The molecule has 132 valence electrons. The molecular formula is C18H20N2O5. The number of carbonyl (C=O) groups excluding carboxylic acids is 3. The van der Waals surface area contributed by atoms with Gasteiger partial charge in [-0.25, -0.2) is 5.48 Å². The summed E-state index contributed by atoms with van der Waals surface area (Å²) in [6.45, 7) is 2.70. The van der Waals surface area contributed by atoms with E-state index in [1.165, 1.54) is 17.6 Å². The van der Waals surface area contributed by atoms with E-state index in [9.17, 15) is 14.4 Å². The quantitative estimate of drug-likeness (QED) is 0.482. The zero-order valence-electron chi connectivity index (χ0n) is 13.9. The highest BCUT2D eigenvalue weighted by Crippen LogP contribution is 2.39. The highest BCUT2D eigenvalue weighted by atomic mass is 16.5. The average molecular weight is 344 g/mol. The molecule has 0 saturated carbocycles. The predicted octanol–water partition coefficient (Wildman–Crippen LogP) is 1.55. The SMILES string of the molecule is CC(=O)N1CCC2(CC1)CC(=O)c1ccc(/C=C/C(=O)NO)cc1O2. The second-order valence-electron chi connectivity index (χ2n) is 6.46. The summed E-state index contributed by atoms with van der Waals surface area (Å²) in [4.78, 5) is 36.9. The zero-order chi connectivity index (χ0) is 18.0. The molecule has 0 radical (unpaired) electrons. The van der Waals surface area contributed by atoms with Gasteiger partial charge in [-0.1, -0.05) is 6.07 Å². The Morgan fingerprint density at radius 1 is 1.32 bits per heavy atom. The van der Waals surface area contributed by atoms with Gasteiger partial charge in [-0.15, -0.1) is 0 Å². The van der Waals surface area contributed by atoms with Gasteiger partial charge in [-0.2, -0.15) is 0 Å². The molecule has 0 aromatic heterocycles. The van der Waals surface area contributed by atoms with Crippen molar-refractivity contribution in [2.24, 2.45) is 0 Å². The molecule has 1 spiro atoms. The Hall–Kier alpha value is -2.67. The van der Waals surface area contributed by atoms with E-state index in [0.717, 1.165) is 0 Å². The van der Waals surface area contributed by atoms with Gasteiger partial charge in [-0.05, 0) is 23.8 Å². The third kappa shape index (κ3) is 3.56. The van der Waals surface area contributed by atoms with Gasteiger partial charge >= 0.3 is 0 Å². The molecule has 3 rings (SSSR count). The maximum absolute atomic E-state index is 12.5. The number of Topliss-reactive ketones (excluding diaryl/α,β-unsaturated/α-hetero) is 1. The summed E-state index contributed by atoms with van der Waals surface area (Å²) in [5, 5.41) is 8.52. The number of carbonyl (C=O) groups is 3. The molecule has 1 aromatic carbocycles. The van der Waals surface area contributed by atoms with E-state index in [1.807, 2.05) is 0 Å². The van der Waals surface area contributed by atoms with Crippen LogP contribution in [0, 0.1) is 0 Å². The van der Waals surface area contributed by atoms with Gasteiger partial charge < -0.3 is 9.64 Å². The summed E-state index contributed by atoms with van der Waals surface area (Å²) >= 11 is 0. The Kier molecular flexibility index (Phi) is 4.59. The molecule has 1 aromatic rings. The van der Waals surface area contributed by atoms with Crippen LogP contribution >= 0.6 is 0 Å². The largest absolute Gasteiger partial charge is 0.486 e. The number of likely N-dealkylation sites (tertiary alicyclic amines) is 1. The van der Waals surface area contributed by atoms with Crippen molar-refractivity contribution in [2.75, 3.05) is 13.1 Å². The van der Waals surface area contributed by atoms with Crippen molar-refractivity contribution in [1.82, 2.24) is 10.4 Å². The highest BCUT2D eigenvalue weighted by molar-refractivity contribution is 6.01. The molecule has 7 heteroatoms. The van der Waals surface area contributed by atoms with Crippen LogP contribution in [0.4, 0.5) is 0 Å². The van der Waals surface area contributed by atoms with Crippen molar-refractivity contribution in [3.05, 3.63) is 35.4 Å². The lowest BCUT2D eigenvalue weighted by molar-refractivity contribution is -0.132. The summed E-state index contributed by atoms with van der Waals surface area (Å²) in [6.07, 6.45) is 4.26. The van der Waals surface area contributed by atoms with E-state index in [2.05, 4.69) is 0 Å². The number of ketones is 1. The van der Waals surface area contributed by atoms with Gasteiger partial charge in [-0.3, -0.25) is 19.6 Å². The highest BCUT2D eigenvalue weighted by Gasteiger charge is 2.43. The number of hydrogen-bond acceptors (Lipinski definition) is 5. The fraction of sp³-hybridized carbons (Fsp3) is 0.389. The monoisotopic (exact) mass is 344 g/mol. The van der Waals surface area contributed by atoms with Crippen molar-refractivity contribution in [2.45, 2.75) is 31.8 Å². The van der Waals surface area contributed by atoms with Gasteiger partial charge in [0, 0.05) is 38.9 Å². The van der Waals surface area contributed by atoms with Crippen LogP contribution in [0.15, 0.2) is 24.3 Å².